The van der Waals surface area contributed by atoms with E-state index in [1.165, 1.54) is 5.56 Å². The fourth-order valence-corrected chi connectivity index (χ4v) is 3.72. The molecular weight excluding hydrogens is 369 g/mol. The first-order valence-corrected chi connectivity index (χ1v) is 9.51. The second-order valence-corrected chi connectivity index (χ2v) is 7.44. The van der Waals surface area contributed by atoms with Gasteiger partial charge in [0.25, 0.3) is 5.91 Å². The van der Waals surface area contributed by atoms with Crippen LogP contribution >= 0.6 is 23.2 Å². The third kappa shape index (κ3) is 4.77. The number of nitrogens with one attached hydrogen (secondary N) is 1. The average Bonchev–Trinajstić information content (AvgIpc) is 2.64. The van der Waals surface area contributed by atoms with Crippen LogP contribution in [0.25, 0.3) is 0 Å². The van der Waals surface area contributed by atoms with Crippen LogP contribution in [0.4, 0.5) is 0 Å². The van der Waals surface area contributed by atoms with Crippen molar-refractivity contribution < 1.29 is 4.79 Å². The summed E-state index contributed by atoms with van der Waals surface area (Å²) >= 11 is 12.1. The third-order valence-electron chi connectivity index (χ3n) is 4.79. The Labute approximate surface area is 164 Å². The number of hydrogen-bond acceptors (Lipinski definition) is 3. The molecule has 0 aromatic heterocycles. The lowest BCUT2D eigenvalue weighted by molar-refractivity contribution is 0.0886. The predicted octanol–water partition coefficient (Wildman–Crippen LogP) is 3.71. The summed E-state index contributed by atoms with van der Waals surface area (Å²) in [4.78, 5) is 17.3. The van der Waals surface area contributed by atoms with Crippen LogP contribution in [0.3, 0.4) is 0 Å². The maximum Gasteiger partial charge on any atom is 0.252 e. The number of amides is 1. The second kappa shape index (κ2) is 8.87. The van der Waals surface area contributed by atoms with Crippen LogP contribution in [-0.2, 0) is 0 Å². The van der Waals surface area contributed by atoms with E-state index < -0.39 is 0 Å². The Bertz CT molecular complexity index is 746. The summed E-state index contributed by atoms with van der Waals surface area (Å²) in [5.74, 6) is -0.179. The zero-order valence-electron chi connectivity index (χ0n) is 14.8. The molecule has 2 aromatic rings. The van der Waals surface area contributed by atoms with Crippen LogP contribution in [0.15, 0.2) is 48.5 Å². The van der Waals surface area contributed by atoms with Gasteiger partial charge in [0.15, 0.2) is 0 Å². The van der Waals surface area contributed by atoms with E-state index in [1.807, 2.05) is 18.2 Å². The van der Waals surface area contributed by atoms with Crippen molar-refractivity contribution in [1.82, 2.24) is 15.1 Å². The van der Waals surface area contributed by atoms with Gasteiger partial charge in [-0.3, -0.25) is 9.69 Å². The Morgan fingerprint density at radius 2 is 1.77 bits per heavy atom. The zero-order valence-corrected chi connectivity index (χ0v) is 16.3. The van der Waals surface area contributed by atoms with Gasteiger partial charge in [0.05, 0.1) is 16.6 Å². The number of piperazine rings is 1. The first-order chi connectivity index (χ1) is 12.5. The molecule has 0 radical (unpaired) electrons. The van der Waals surface area contributed by atoms with E-state index in [9.17, 15) is 4.79 Å². The minimum atomic E-state index is -0.179. The van der Waals surface area contributed by atoms with Gasteiger partial charge >= 0.3 is 0 Å². The quantitative estimate of drug-likeness (QED) is 0.843. The summed E-state index contributed by atoms with van der Waals surface area (Å²) in [6.45, 7) is 4.55. The molecule has 1 fully saturated rings. The van der Waals surface area contributed by atoms with E-state index in [-0.39, 0.29) is 11.9 Å². The molecule has 1 aliphatic heterocycles. The SMILES string of the molecule is CN1CCN(C(CNC(=O)c2ccc(Cl)cc2Cl)c2ccccc2)CC1. The summed E-state index contributed by atoms with van der Waals surface area (Å²) in [5, 5.41) is 3.93. The van der Waals surface area contributed by atoms with Crippen molar-refractivity contribution in [2.45, 2.75) is 6.04 Å². The van der Waals surface area contributed by atoms with Gasteiger partial charge in [-0.05, 0) is 30.8 Å². The number of benzene rings is 2. The molecule has 2 aromatic carbocycles. The topological polar surface area (TPSA) is 35.6 Å². The minimum absolute atomic E-state index is 0.139. The molecule has 1 heterocycles. The molecule has 3 rings (SSSR count). The minimum Gasteiger partial charge on any atom is -0.350 e. The molecule has 0 spiro atoms. The second-order valence-electron chi connectivity index (χ2n) is 6.60. The highest BCUT2D eigenvalue weighted by Crippen LogP contribution is 2.23. The van der Waals surface area contributed by atoms with Crippen LogP contribution in [-0.4, -0.2) is 55.5 Å². The monoisotopic (exact) mass is 391 g/mol. The molecule has 0 bridgehead atoms. The summed E-state index contributed by atoms with van der Waals surface area (Å²) in [5.41, 5.74) is 1.65. The smallest absolute Gasteiger partial charge is 0.252 e. The highest BCUT2D eigenvalue weighted by atomic mass is 35.5. The van der Waals surface area contributed by atoms with Crippen molar-refractivity contribution in [2.24, 2.45) is 0 Å². The highest BCUT2D eigenvalue weighted by Gasteiger charge is 2.24. The average molecular weight is 392 g/mol. The maximum atomic E-state index is 12.6. The van der Waals surface area contributed by atoms with Gasteiger partial charge in [-0.2, -0.15) is 0 Å². The number of nitrogens with zero attached hydrogens (tertiary/aromatic N) is 2. The van der Waals surface area contributed by atoms with Gasteiger partial charge in [0, 0.05) is 37.7 Å². The lowest BCUT2D eigenvalue weighted by Crippen LogP contribution is -2.48. The van der Waals surface area contributed by atoms with Gasteiger partial charge in [-0.15, -0.1) is 0 Å². The van der Waals surface area contributed by atoms with E-state index in [2.05, 4.69) is 34.3 Å². The van der Waals surface area contributed by atoms with Crippen molar-refractivity contribution in [1.29, 1.82) is 0 Å². The van der Waals surface area contributed by atoms with Crippen LogP contribution < -0.4 is 5.32 Å². The Balaban J connectivity index is 1.72. The van der Waals surface area contributed by atoms with Crippen molar-refractivity contribution in [3.05, 3.63) is 69.7 Å². The molecule has 0 saturated carbocycles. The van der Waals surface area contributed by atoms with Crippen molar-refractivity contribution in [2.75, 3.05) is 39.8 Å². The molecular formula is C20H23Cl2N3O. The Morgan fingerprint density at radius 1 is 1.08 bits per heavy atom. The fraction of sp³-hybridized carbons (Fsp3) is 0.350. The number of halogens is 2. The van der Waals surface area contributed by atoms with E-state index in [0.29, 0.717) is 22.2 Å². The lowest BCUT2D eigenvalue weighted by atomic mass is 10.0. The first-order valence-electron chi connectivity index (χ1n) is 8.75. The van der Waals surface area contributed by atoms with Gasteiger partial charge in [0.1, 0.15) is 0 Å². The van der Waals surface area contributed by atoms with Crippen LogP contribution in [0.2, 0.25) is 10.0 Å². The number of carbonyl (C=O) groups is 1. The maximum absolute atomic E-state index is 12.6. The van der Waals surface area contributed by atoms with Gasteiger partial charge in [-0.25, -0.2) is 0 Å². The standard InChI is InChI=1S/C20H23Cl2N3O/c1-24-9-11-25(12-10-24)19(15-5-3-2-4-6-15)14-23-20(26)17-8-7-16(21)13-18(17)22/h2-8,13,19H,9-12,14H2,1H3,(H,23,26). The predicted molar refractivity (Wildman–Crippen MR) is 107 cm³/mol. The molecule has 4 nitrogen and oxygen atoms in total. The zero-order chi connectivity index (χ0) is 18.5. The van der Waals surface area contributed by atoms with E-state index in [1.54, 1.807) is 18.2 Å². The van der Waals surface area contributed by atoms with Crippen molar-refractivity contribution in [3.63, 3.8) is 0 Å². The molecule has 1 saturated heterocycles. The third-order valence-corrected chi connectivity index (χ3v) is 5.34. The highest BCUT2D eigenvalue weighted by molar-refractivity contribution is 6.36. The van der Waals surface area contributed by atoms with Gasteiger partial charge in [0.2, 0.25) is 0 Å². The Morgan fingerprint density at radius 3 is 2.42 bits per heavy atom. The van der Waals surface area contributed by atoms with Crippen molar-refractivity contribution in [3.8, 4) is 0 Å². The number of carbonyl (C=O) groups excluding carboxylic acids is 1. The Hall–Kier alpha value is -1.59. The molecule has 138 valence electrons. The molecule has 26 heavy (non-hydrogen) atoms. The number of likely N-dealkylation sites (N-methyl/N-ethyl adjacent to an activating group) is 1. The molecule has 1 amide bonds. The van der Waals surface area contributed by atoms with Gasteiger partial charge < -0.3 is 10.2 Å². The summed E-state index contributed by atoms with van der Waals surface area (Å²) in [6, 6.07) is 15.4. The summed E-state index contributed by atoms with van der Waals surface area (Å²) in [7, 11) is 2.14. The number of rotatable bonds is 5. The Kier molecular flexibility index (Phi) is 6.54. The number of hydrogen-bond donors (Lipinski definition) is 1. The van der Waals surface area contributed by atoms with Crippen molar-refractivity contribution >= 4 is 29.1 Å². The lowest BCUT2D eigenvalue weighted by Gasteiger charge is -2.38. The normalized spacial score (nSPS) is 17.0. The van der Waals surface area contributed by atoms with Crippen LogP contribution in [0, 0.1) is 0 Å². The molecule has 1 atom stereocenters. The molecule has 1 unspecified atom stereocenters. The van der Waals surface area contributed by atoms with E-state index in [4.69, 9.17) is 23.2 Å². The van der Waals surface area contributed by atoms with E-state index in [0.717, 1.165) is 26.2 Å². The molecule has 1 N–H and O–H groups in total. The summed E-state index contributed by atoms with van der Waals surface area (Å²) < 4.78 is 0. The molecule has 0 aliphatic carbocycles. The molecule has 6 heteroatoms. The summed E-state index contributed by atoms with van der Waals surface area (Å²) in [6.07, 6.45) is 0. The first kappa shape index (κ1) is 19.2. The largest absolute Gasteiger partial charge is 0.350 e. The van der Waals surface area contributed by atoms with Gasteiger partial charge in [-0.1, -0.05) is 53.5 Å². The molecule has 1 aliphatic rings. The van der Waals surface area contributed by atoms with Crippen LogP contribution in [0.1, 0.15) is 22.0 Å². The fourth-order valence-electron chi connectivity index (χ4n) is 3.22. The van der Waals surface area contributed by atoms with E-state index >= 15 is 0 Å². The van der Waals surface area contributed by atoms with Crippen LogP contribution in [0.5, 0.6) is 0 Å².